The zero-order valence-electron chi connectivity index (χ0n) is 9.72. The van der Waals surface area contributed by atoms with E-state index in [1.54, 1.807) is 48.5 Å². The fraction of sp³-hybridized carbons (Fsp3) is 0.0714. The summed E-state index contributed by atoms with van der Waals surface area (Å²) in [5, 5.41) is 0.390. The number of para-hydroxylation sites is 2. The van der Waals surface area contributed by atoms with E-state index in [1.807, 2.05) is 0 Å². The molecule has 0 aliphatic rings. The van der Waals surface area contributed by atoms with Gasteiger partial charge in [-0.2, -0.15) is 0 Å². The average molecular weight is 263 g/mol. The summed E-state index contributed by atoms with van der Waals surface area (Å²) in [7, 11) is 1.50. The molecule has 0 radical (unpaired) electrons. The number of benzene rings is 2. The molecule has 0 aliphatic carbocycles. The van der Waals surface area contributed by atoms with Crippen molar-refractivity contribution in [2.45, 2.75) is 0 Å². The summed E-state index contributed by atoms with van der Waals surface area (Å²) in [4.78, 5) is 12.0. The maximum Gasteiger partial charge on any atom is 0.347 e. The van der Waals surface area contributed by atoms with E-state index in [2.05, 4.69) is 0 Å². The minimum Gasteiger partial charge on any atom is -0.496 e. The highest BCUT2D eigenvalue weighted by atomic mass is 35.5. The molecule has 0 aliphatic heterocycles. The summed E-state index contributed by atoms with van der Waals surface area (Å²) >= 11 is 5.92. The second-order valence-electron chi connectivity index (χ2n) is 3.52. The quantitative estimate of drug-likeness (QED) is 0.627. The number of methoxy groups -OCH3 is 1. The molecule has 0 N–H and O–H groups in total. The van der Waals surface area contributed by atoms with Crippen LogP contribution in [0.5, 0.6) is 11.5 Å². The van der Waals surface area contributed by atoms with Crippen LogP contribution < -0.4 is 9.47 Å². The van der Waals surface area contributed by atoms with Crippen LogP contribution in [0.25, 0.3) is 0 Å². The van der Waals surface area contributed by atoms with E-state index in [0.29, 0.717) is 22.1 Å². The SMILES string of the molecule is COc1ccccc1C(=O)Oc1ccccc1Cl. The van der Waals surface area contributed by atoms with E-state index in [0.717, 1.165) is 0 Å². The predicted molar refractivity (Wildman–Crippen MR) is 69.4 cm³/mol. The van der Waals surface area contributed by atoms with Crippen LogP contribution in [0, 0.1) is 0 Å². The molecule has 2 rings (SSSR count). The van der Waals surface area contributed by atoms with E-state index >= 15 is 0 Å². The van der Waals surface area contributed by atoms with Crippen LogP contribution in [0.15, 0.2) is 48.5 Å². The van der Waals surface area contributed by atoms with E-state index in [4.69, 9.17) is 21.1 Å². The van der Waals surface area contributed by atoms with E-state index in [9.17, 15) is 4.79 Å². The van der Waals surface area contributed by atoms with Crippen LogP contribution in [-0.4, -0.2) is 13.1 Å². The summed E-state index contributed by atoms with van der Waals surface area (Å²) in [6.45, 7) is 0. The van der Waals surface area contributed by atoms with Gasteiger partial charge in [0.1, 0.15) is 17.1 Å². The van der Waals surface area contributed by atoms with Gasteiger partial charge in [-0.25, -0.2) is 4.79 Å². The molecule has 0 spiro atoms. The number of carbonyl (C=O) groups is 1. The molecule has 0 heterocycles. The first-order chi connectivity index (χ1) is 8.72. The Labute approximate surface area is 110 Å². The second kappa shape index (κ2) is 5.56. The summed E-state index contributed by atoms with van der Waals surface area (Å²) < 4.78 is 10.3. The second-order valence-corrected chi connectivity index (χ2v) is 3.93. The highest BCUT2D eigenvalue weighted by Crippen LogP contribution is 2.26. The molecule has 2 aromatic carbocycles. The number of rotatable bonds is 3. The third-order valence-corrected chi connectivity index (χ3v) is 2.68. The van der Waals surface area contributed by atoms with Gasteiger partial charge in [0.2, 0.25) is 0 Å². The van der Waals surface area contributed by atoms with Gasteiger partial charge in [-0.3, -0.25) is 0 Å². The Balaban J connectivity index is 2.25. The molecule has 0 bridgehead atoms. The van der Waals surface area contributed by atoms with Crippen molar-refractivity contribution >= 4 is 17.6 Å². The Kier molecular flexibility index (Phi) is 3.85. The van der Waals surface area contributed by atoms with Gasteiger partial charge in [0.15, 0.2) is 0 Å². The van der Waals surface area contributed by atoms with E-state index < -0.39 is 5.97 Å². The number of esters is 1. The van der Waals surface area contributed by atoms with Gasteiger partial charge < -0.3 is 9.47 Å². The molecular formula is C14H11ClO3. The Morgan fingerprint density at radius 3 is 2.28 bits per heavy atom. The van der Waals surface area contributed by atoms with E-state index in [1.165, 1.54) is 7.11 Å². The molecule has 0 saturated carbocycles. The van der Waals surface area contributed by atoms with Gasteiger partial charge in [0, 0.05) is 0 Å². The lowest BCUT2D eigenvalue weighted by molar-refractivity contribution is 0.0731. The van der Waals surface area contributed by atoms with Crippen LogP contribution in [0.4, 0.5) is 0 Å². The van der Waals surface area contributed by atoms with Crippen molar-refractivity contribution in [2.24, 2.45) is 0 Å². The van der Waals surface area contributed by atoms with Crippen LogP contribution in [0.3, 0.4) is 0 Å². The van der Waals surface area contributed by atoms with Gasteiger partial charge >= 0.3 is 5.97 Å². The molecule has 18 heavy (non-hydrogen) atoms. The maximum absolute atomic E-state index is 12.0. The molecule has 92 valence electrons. The maximum atomic E-state index is 12.0. The lowest BCUT2D eigenvalue weighted by Gasteiger charge is -2.08. The number of halogens is 1. The molecule has 3 nitrogen and oxygen atoms in total. The van der Waals surface area contributed by atoms with Gasteiger partial charge in [-0.15, -0.1) is 0 Å². The lowest BCUT2D eigenvalue weighted by Crippen LogP contribution is -2.10. The van der Waals surface area contributed by atoms with Crippen molar-refractivity contribution in [3.05, 3.63) is 59.1 Å². The molecular weight excluding hydrogens is 252 g/mol. The summed E-state index contributed by atoms with van der Waals surface area (Å²) in [6.07, 6.45) is 0. The molecule has 0 aromatic heterocycles. The summed E-state index contributed by atoms with van der Waals surface area (Å²) in [5.74, 6) is 0.296. The molecule has 0 atom stereocenters. The first kappa shape index (κ1) is 12.5. The van der Waals surface area contributed by atoms with Crippen molar-refractivity contribution in [3.8, 4) is 11.5 Å². The third kappa shape index (κ3) is 2.63. The van der Waals surface area contributed by atoms with Crippen LogP contribution in [0.1, 0.15) is 10.4 Å². The van der Waals surface area contributed by atoms with Crippen LogP contribution >= 0.6 is 11.6 Å². The van der Waals surface area contributed by atoms with Gasteiger partial charge in [0.25, 0.3) is 0 Å². The zero-order valence-corrected chi connectivity index (χ0v) is 10.5. The number of carbonyl (C=O) groups excluding carboxylic acids is 1. The van der Waals surface area contributed by atoms with Crippen molar-refractivity contribution in [1.29, 1.82) is 0 Å². The molecule has 0 fully saturated rings. The fourth-order valence-electron chi connectivity index (χ4n) is 1.50. The number of ether oxygens (including phenoxy) is 2. The Morgan fingerprint density at radius 1 is 1.00 bits per heavy atom. The fourth-order valence-corrected chi connectivity index (χ4v) is 1.67. The smallest absolute Gasteiger partial charge is 0.347 e. The minimum atomic E-state index is -0.499. The molecule has 0 amide bonds. The van der Waals surface area contributed by atoms with E-state index in [-0.39, 0.29) is 0 Å². The Morgan fingerprint density at radius 2 is 1.61 bits per heavy atom. The number of hydrogen-bond donors (Lipinski definition) is 0. The first-order valence-electron chi connectivity index (χ1n) is 5.32. The molecule has 2 aromatic rings. The minimum absolute atomic E-state index is 0.329. The van der Waals surface area contributed by atoms with Gasteiger partial charge in [-0.05, 0) is 24.3 Å². The van der Waals surface area contributed by atoms with Crippen LogP contribution in [0.2, 0.25) is 5.02 Å². The third-order valence-electron chi connectivity index (χ3n) is 2.37. The Bertz CT molecular complexity index is 566. The van der Waals surface area contributed by atoms with Crippen LogP contribution in [-0.2, 0) is 0 Å². The van der Waals surface area contributed by atoms with Crippen molar-refractivity contribution in [2.75, 3.05) is 7.11 Å². The molecule has 0 saturated heterocycles. The average Bonchev–Trinajstić information content (AvgIpc) is 2.41. The number of hydrogen-bond acceptors (Lipinski definition) is 3. The zero-order chi connectivity index (χ0) is 13.0. The highest BCUT2D eigenvalue weighted by Gasteiger charge is 2.14. The van der Waals surface area contributed by atoms with Gasteiger partial charge in [-0.1, -0.05) is 35.9 Å². The van der Waals surface area contributed by atoms with Crippen molar-refractivity contribution in [1.82, 2.24) is 0 Å². The molecule has 0 unspecified atom stereocenters. The Hall–Kier alpha value is -2.00. The first-order valence-corrected chi connectivity index (χ1v) is 5.70. The highest BCUT2D eigenvalue weighted by molar-refractivity contribution is 6.32. The standard InChI is InChI=1S/C14H11ClO3/c1-17-12-8-4-2-6-10(12)14(16)18-13-9-5-3-7-11(13)15/h2-9H,1H3. The lowest BCUT2D eigenvalue weighted by atomic mass is 10.2. The summed E-state index contributed by atoms with van der Waals surface area (Å²) in [5.41, 5.74) is 0.361. The molecule has 4 heteroatoms. The monoisotopic (exact) mass is 262 g/mol. The van der Waals surface area contributed by atoms with Crippen molar-refractivity contribution in [3.63, 3.8) is 0 Å². The van der Waals surface area contributed by atoms with Crippen molar-refractivity contribution < 1.29 is 14.3 Å². The topological polar surface area (TPSA) is 35.5 Å². The predicted octanol–water partition coefficient (Wildman–Crippen LogP) is 3.57. The normalized spacial score (nSPS) is 9.89. The van der Waals surface area contributed by atoms with Gasteiger partial charge in [0.05, 0.1) is 12.1 Å². The largest absolute Gasteiger partial charge is 0.496 e. The summed E-state index contributed by atoms with van der Waals surface area (Å²) in [6, 6.07) is 13.7.